The van der Waals surface area contributed by atoms with Gasteiger partial charge >= 0.3 is 6.18 Å². The van der Waals surface area contributed by atoms with Crippen LogP contribution in [0, 0.1) is 6.92 Å². The van der Waals surface area contributed by atoms with Crippen LogP contribution in [0.15, 0.2) is 54.2 Å². The highest BCUT2D eigenvalue weighted by molar-refractivity contribution is 8.00. The second kappa shape index (κ2) is 24.1. The molecule has 0 unspecified atom stereocenters. The highest BCUT2D eigenvalue weighted by atomic mass is 32.2. The Balaban J connectivity index is 0.814. The lowest BCUT2D eigenvalue weighted by Gasteiger charge is -2.37. The molecule has 4 heterocycles. The van der Waals surface area contributed by atoms with E-state index in [4.69, 9.17) is 14.2 Å². The van der Waals surface area contributed by atoms with Crippen molar-refractivity contribution in [1.29, 1.82) is 0 Å². The number of aryl methyl sites for hydroxylation is 1. The van der Waals surface area contributed by atoms with Crippen molar-refractivity contribution in [2.45, 2.75) is 81.4 Å². The molecule has 24 heteroatoms. The molecule has 1 aliphatic carbocycles. The third kappa shape index (κ3) is 14.1. The first kappa shape index (κ1) is 55.1. The average Bonchev–Trinajstić information content (AvgIpc) is 3.78. The summed E-state index contributed by atoms with van der Waals surface area (Å²) >= 11 is 2.91. The number of hydrogen-bond donors (Lipinski definition) is 5. The van der Waals surface area contributed by atoms with Crippen molar-refractivity contribution in [2.24, 2.45) is 0 Å². The zero-order valence-corrected chi connectivity index (χ0v) is 43.0. The summed E-state index contributed by atoms with van der Waals surface area (Å²) in [5.41, 5.74) is 2.28. The second-order valence-corrected chi connectivity index (χ2v) is 21.1. The van der Waals surface area contributed by atoms with Crippen LogP contribution in [0.4, 0.5) is 35.0 Å². The zero-order valence-electron chi connectivity index (χ0n) is 41.4. The quantitative estimate of drug-likeness (QED) is 0.0472. The topological polar surface area (TPSA) is 213 Å². The number of nitrogens with zero attached hydrogens (tertiary/aromatic N) is 6. The molecule has 396 valence electrons. The minimum Gasteiger partial charge on any atom is -0.495 e. The minimum atomic E-state index is -4.63. The summed E-state index contributed by atoms with van der Waals surface area (Å²) in [4.78, 5) is 72.8. The summed E-state index contributed by atoms with van der Waals surface area (Å²) in [5, 5.41) is 21.5. The fraction of sp³-hybridized carbons (Fsp3) is 0.531. The molecule has 4 aromatic rings. The van der Waals surface area contributed by atoms with Crippen LogP contribution >= 0.6 is 23.1 Å². The first-order valence-corrected chi connectivity index (χ1v) is 25.8. The standard InChI is InChI=1S/C49H62F4N10O8S2/c1-30-39(72-29-57-30)32-8-6-31(7-9-32)26-55-42(65)37-25-34(64)28-63(37)44(67)40(59-45(68)48(50)12-13-48)47(2,3)73-23-22-71-21-20-70-19-18-61-14-16-62(17-15-61)43(66)33-10-11-36(38(24-33)69-5)58-46-56-27-35(49(51,52)53)41(54-4)60-46/h6-11,24,27,29,34,37,40,64H,12-23,25-26,28H2,1-5H3,(H,55,65)(H,59,68)(H2,54,56,58,60)/t34-,37+,40+/m1/s1. The summed E-state index contributed by atoms with van der Waals surface area (Å²) in [5.74, 6) is -1.87. The van der Waals surface area contributed by atoms with Gasteiger partial charge in [-0.25, -0.2) is 14.4 Å². The van der Waals surface area contributed by atoms with Gasteiger partial charge in [-0.2, -0.15) is 29.9 Å². The molecule has 2 aromatic heterocycles. The van der Waals surface area contributed by atoms with Crippen LogP contribution in [-0.2, 0) is 36.6 Å². The molecule has 3 atom stereocenters. The largest absolute Gasteiger partial charge is 0.495 e. The van der Waals surface area contributed by atoms with E-state index in [-0.39, 0.29) is 50.0 Å². The Morgan fingerprint density at radius 2 is 1.70 bits per heavy atom. The summed E-state index contributed by atoms with van der Waals surface area (Å²) in [6.07, 6.45) is -4.78. The molecule has 18 nitrogen and oxygen atoms in total. The first-order valence-electron chi connectivity index (χ1n) is 23.9. The van der Waals surface area contributed by atoms with E-state index >= 15 is 4.39 Å². The van der Waals surface area contributed by atoms with Gasteiger partial charge in [-0.1, -0.05) is 24.3 Å². The van der Waals surface area contributed by atoms with Gasteiger partial charge in [-0.05, 0) is 62.9 Å². The van der Waals surface area contributed by atoms with Gasteiger partial charge in [-0.3, -0.25) is 24.1 Å². The number of rotatable bonds is 23. The highest BCUT2D eigenvalue weighted by Gasteiger charge is 2.54. The molecule has 2 saturated heterocycles. The lowest BCUT2D eigenvalue weighted by Crippen LogP contribution is -2.61. The monoisotopic (exact) mass is 1060 g/mol. The predicted molar refractivity (Wildman–Crippen MR) is 269 cm³/mol. The number of aliphatic hydroxyl groups excluding tert-OH is 1. The fourth-order valence-electron chi connectivity index (χ4n) is 8.47. The van der Waals surface area contributed by atoms with Gasteiger partial charge in [0.15, 0.2) is 5.67 Å². The molecule has 3 fully saturated rings. The van der Waals surface area contributed by atoms with E-state index in [0.717, 1.165) is 21.7 Å². The zero-order chi connectivity index (χ0) is 52.5. The number of nitrogens with one attached hydrogen (secondary N) is 4. The van der Waals surface area contributed by atoms with Gasteiger partial charge in [0, 0.05) is 81.5 Å². The Hall–Kier alpha value is -5.66. The third-order valence-electron chi connectivity index (χ3n) is 12.9. The maximum Gasteiger partial charge on any atom is 0.421 e. The third-order valence-corrected chi connectivity index (χ3v) is 15.2. The first-order chi connectivity index (χ1) is 34.8. The molecule has 4 amide bonds. The molecular formula is C49H62F4N10O8S2. The molecule has 0 bridgehead atoms. The fourth-order valence-corrected chi connectivity index (χ4v) is 10.3. The second-order valence-electron chi connectivity index (χ2n) is 18.5. The maximum absolute atomic E-state index is 15.0. The van der Waals surface area contributed by atoms with Crippen LogP contribution in [0.25, 0.3) is 10.4 Å². The molecule has 0 radical (unpaired) electrons. The number of benzene rings is 2. The molecular weight excluding hydrogens is 997 g/mol. The average molecular weight is 1060 g/mol. The number of thioether (sulfide) groups is 1. The van der Waals surface area contributed by atoms with Crippen LogP contribution in [0.1, 0.15) is 60.3 Å². The lowest BCUT2D eigenvalue weighted by atomic mass is 10.00. The molecule has 2 aliphatic heterocycles. The van der Waals surface area contributed by atoms with Gasteiger partial charge in [0.2, 0.25) is 17.8 Å². The lowest BCUT2D eigenvalue weighted by molar-refractivity contribution is -0.143. The van der Waals surface area contributed by atoms with Crippen molar-refractivity contribution in [3.63, 3.8) is 0 Å². The number of alkyl halides is 4. The number of aliphatic hydroxyl groups is 1. The number of carbonyl (C=O) groups is 4. The van der Waals surface area contributed by atoms with E-state index in [0.29, 0.717) is 82.4 Å². The molecule has 2 aromatic carbocycles. The number of β-amino-alcohol motifs (C(OH)–C–C–N with tert-alkyl or cyclic N) is 1. The Kier molecular flexibility index (Phi) is 18.2. The Bertz CT molecular complexity index is 2560. The van der Waals surface area contributed by atoms with Crippen molar-refractivity contribution >= 4 is 64.2 Å². The van der Waals surface area contributed by atoms with Gasteiger partial charge in [-0.15, -0.1) is 11.3 Å². The molecule has 7 rings (SSSR count). The molecule has 73 heavy (non-hydrogen) atoms. The Labute approximate surface area is 429 Å². The van der Waals surface area contributed by atoms with Gasteiger partial charge in [0.05, 0.1) is 61.4 Å². The molecule has 0 spiro atoms. The number of amides is 4. The van der Waals surface area contributed by atoms with Crippen molar-refractivity contribution in [1.82, 2.24) is 40.3 Å². The number of hydrogen-bond acceptors (Lipinski definition) is 16. The summed E-state index contributed by atoms with van der Waals surface area (Å²) in [6.45, 7) is 9.79. The van der Waals surface area contributed by atoms with E-state index < -0.39 is 63.9 Å². The van der Waals surface area contributed by atoms with Gasteiger partial charge < -0.3 is 50.4 Å². The predicted octanol–water partition coefficient (Wildman–Crippen LogP) is 5.29. The van der Waals surface area contributed by atoms with E-state index in [1.165, 1.54) is 30.8 Å². The normalized spacial score (nSPS) is 18.3. The number of halogens is 4. The number of methoxy groups -OCH3 is 1. The Morgan fingerprint density at radius 1 is 0.986 bits per heavy atom. The molecule has 1 saturated carbocycles. The number of aromatic nitrogens is 3. The number of piperazine rings is 1. The van der Waals surface area contributed by atoms with Crippen molar-refractivity contribution < 1.29 is 56.1 Å². The number of anilines is 3. The van der Waals surface area contributed by atoms with Gasteiger partial charge in [0.25, 0.3) is 11.8 Å². The van der Waals surface area contributed by atoms with E-state index in [1.807, 2.05) is 31.2 Å². The number of likely N-dealkylation sites (tertiary alicyclic amines) is 1. The van der Waals surface area contributed by atoms with Crippen molar-refractivity contribution in [3.8, 4) is 16.2 Å². The maximum atomic E-state index is 15.0. The number of thiazole rings is 1. The van der Waals surface area contributed by atoms with E-state index in [2.05, 4.69) is 41.1 Å². The van der Waals surface area contributed by atoms with Crippen molar-refractivity contribution in [3.05, 3.63) is 76.6 Å². The SMILES string of the molecule is CNc1nc(Nc2ccc(C(=O)N3CCN(CCOCCOCCSC(C)(C)[C@@H](NC(=O)C4(F)CC4)C(=O)N4C[C@H](O)C[C@H]4C(=O)NCc4ccc(-c5scnc5C)cc4)CC3)cc2OC)ncc1C(F)(F)F. The smallest absolute Gasteiger partial charge is 0.421 e. The van der Waals surface area contributed by atoms with Crippen LogP contribution in [0.3, 0.4) is 0 Å². The van der Waals surface area contributed by atoms with Crippen molar-refractivity contribution in [2.75, 3.05) is 96.2 Å². The summed E-state index contributed by atoms with van der Waals surface area (Å²) in [7, 11) is 2.74. The Morgan fingerprint density at radius 3 is 2.34 bits per heavy atom. The molecule has 5 N–H and O–H groups in total. The summed E-state index contributed by atoms with van der Waals surface area (Å²) in [6, 6.07) is 10.3. The number of carbonyl (C=O) groups excluding carboxylic acids is 4. The summed E-state index contributed by atoms with van der Waals surface area (Å²) < 4.78 is 71.1. The number of ether oxygens (including phenoxy) is 3. The minimum absolute atomic E-state index is 0.0146. The van der Waals surface area contributed by atoms with E-state index in [9.17, 15) is 37.5 Å². The van der Waals surface area contributed by atoms with Crippen LogP contribution in [-0.4, -0.2) is 173 Å². The van der Waals surface area contributed by atoms with E-state index in [1.54, 1.807) is 53.8 Å². The van der Waals surface area contributed by atoms with Crippen LogP contribution < -0.4 is 26.0 Å². The highest BCUT2D eigenvalue weighted by Crippen LogP contribution is 2.41. The van der Waals surface area contributed by atoms with Crippen LogP contribution in [0.2, 0.25) is 0 Å². The molecule has 3 aliphatic rings. The van der Waals surface area contributed by atoms with Gasteiger partial charge in [0.1, 0.15) is 29.2 Å². The van der Waals surface area contributed by atoms with Crippen LogP contribution in [0.5, 0.6) is 5.75 Å².